The Morgan fingerprint density at radius 2 is 2.07 bits per heavy atom. The van der Waals surface area contributed by atoms with Crippen molar-refractivity contribution < 1.29 is 4.74 Å². The fraction of sp³-hybridized carbons (Fsp3) is 1.00. The van der Waals surface area contributed by atoms with E-state index in [2.05, 4.69) is 11.9 Å². The number of likely N-dealkylation sites (N-methyl/N-ethyl adjacent to an activating group) is 1. The highest BCUT2D eigenvalue weighted by Crippen LogP contribution is 2.20. The van der Waals surface area contributed by atoms with Crippen LogP contribution in [0.25, 0.3) is 0 Å². The topological polar surface area (TPSA) is 38.5 Å². The maximum absolute atomic E-state index is 6.10. The first-order valence-electron chi connectivity index (χ1n) is 5.79. The second kappa shape index (κ2) is 6.38. The van der Waals surface area contributed by atoms with E-state index < -0.39 is 0 Å². The minimum Gasteiger partial charge on any atom is -0.380 e. The Morgan fingerprint density at radius 3 is 2.71 bits per heavy atom. The lowest BCUT2D eigenvalue weighted by Crippen LogP contribution is -2.48. The third kappa shape index (κ3) is 3.56. The Labute approximate surface area is 87.6 Å². The molecular weight excluding hydrogens is 176 g/mol. The Morgan fingerprint density at radius 1 is 1.36 bits per heavy atom. The molecule has 3 nitrogen and oxygen atoms in total. The number of rotatable bonds is 5. The number of nitrogens with zero attached hydrogens (tertiary/aromatic N) is 1. The highest BCUT2D eigenvalue weighted by Gasteiger charge is 2.24. The molecule has 3 heteroatoms. The molecule has 2 atom stereocenters. The molecule has 14 heavy (non-hydrogen) atoms. The molecule has 1 aliphatic carbocycles. The summed E-state index contributed by atoms with van der Waals surface area (Å²) in [6, 6.07) is 0.944. The normalized spacial score (nSPS) is 28.3. The van der Waals surface area contributed by atoms with E-state index in [-0.39, 0.29) is 0 Å². The van der Waals surface area contributed by atoms with E-state index in [0.29, 0.717) is 12.1 Å². The molecule has 2 unspecified atom stereocenters. The Balaban J connectivity index is 2.23. The van der Waals surface area contributed by atoms with Gasteiger partial charge in [-0.1, -0.05) is 12.8 Å². The molecule has 0 aromatic rings. The van der Waals surface area contributed by atoms with Gasteiger partial charge >= 0.3 is 0 Å². The predicted molar refractivity (Wildman–Crippen MR) is 59.4 cm³/mol. The van der Waals surface area contributed by atoms with Gasteiger partial charge in [-0.2, -0.15) is 0 Å². The van der Waals surface area contributed by atoms with Crippen LogP contribution < -0.4 is 5.73 Å². The van der Waals surface area contributed by atoms with Gasteiger partial charge in [0.15, 0.2) is 0 Å². The fourth-order valence-electron chi connectivity index (χ4n) is 2.21. The molecule has 1 rings (SSSR count). The molecule has 0 aromatic heterocycles. The van der Waals surface area contributed by atoms with Gasteiger partial charge < -0.3 is 10.5 Å². The molecule has 0 amide bonds. The van der Waals surface area contributed by atoms with Crippen LogP contribution in [0.3, 0.4) is 0 Å². The van der Waals surface area contributed by atoms with Crippen LogP contribution in [0.4, 0.5) is 0 Å². The summed E-state index contributed by atoms with van der Waals surface area (Å²) in [5, 5.41) is 0. The zero-order valence-corrected chi connectivity index (χ0v) is 9.54. The van der Waals surface area contributed by atoms with Crippen LogP contribution in [0.2, 0.25) is 0 Å². The molecule has 1 aliphatic rings. The molecule has 1 fully saturated rings. The van der Waals surface area contributed by atoms with E-state index in [4.69, 9.17) is 10.5 Å². The van der Waals surface area contributed by atoms with E-state index in [1.54, 1.807) is 0 Å². The molecule has 0 spiro atoms. The first-order valence-corrected chi connectivity index (χ1v) is 5.79. The van der Waals surface area contributed by atoms with Crippen molar-refractivity contribution in [2.24, 2.45) is 5.73 Å². The molecule has 0 aromatic carbocycles. The fourth-order valence-corrected chi connectivity index (χ4v) is 2.21. The van der Waals surface area contributed by atoms with Crippen molar-refractivity contribution in [3.63, 3.8) is 0 Å². The van der Waals surface area contributed by atoms with Crippen LogP contribution in [0.5, 0.6) is 0 Å². The lowest BCUT2D eigenvalue weighted by atomic mass is 9.90. The second-order valence-corrected chi connectivity index (χ2v) is 4.19. The summed E-state index contributed by atoms with van der Waals surface area (Å²) < 4.78 is 5.35. The van der Waals surface area contributed by atoms with Crippen molar-refractivity contribution in [1.82, 2.24) is 4.90 Å². The van der Waals surface area contributed by atoms with Crippen LogP contribution in [0.1, 0.15) is 32.6 Å². The average molecular weight is 200 g/mol. The van der Waals surface area contributed by atoms with E-state index in [0.717, 1.165) is 19.8 Å². The maximum atomic E-state index is 6.10. The maximum Gasteiger partial charge on any atom is 0.0593 e. The third-order valence-corrected chi connectivity index (χ3v) is 3.14. The molecule has 2 N–H and O–H groups in total. The van der Waals surface area contributed by atoms with E-state index in [9.17, 15) is 0 Å². The first-order chi connectivity index (χ1) is 6.75. The molecule has 0 radical (unpaired) electrons. The van der Waals surface area contributed by atoms with Crippen LogP contribution >= 0.6 is 0 Å². The SMILES string of the molecule is CCOCCN(C)C1CCCCC1N. The number of nitrogens with two attached hydrogens (primary N) is 1. The minimum absolute atomic E-state index is 0.371. The van der Waals surface area contributed by atoms with Crippen LogP contribution in [-0.4, -0.2) is 43.8 Å². The predicted octanol–water partition coefficient (Wildman–Crippen LogP) is 1.22. The number of hydrogen-bond donors (Lipinski definition) is 1. The molecule has 1 saturated carbocycles. The smallest absolute Gasteiger partial charge is 0.0593 e. The van der Waals surface area contributed by atoms with E-state index in [1.807, 2.05) is 6.92 Å². The van der Waals surface area contributed by atoms with Gasteiger partial charge in [0, 0.05) is 25.2 Å². The monoisotopic (exact) mass is 200 g/mol. The Bertz CT molecular complexity index is 152. The number of ether oxygens (including phenoxy) is 1. The Kier molecular flexibility index (Phi) is 5.45. The van der Waals surface area contributed by atoms with Crippen molar-refractivity contribution in [3.05, 3.63) is 0 Å². The van der Waals surface area contributed by atoms with Crippen molar-refractivity contribution in [1.29, 1.82) is 0 Å². The van der Waals surface area contributed by atoms with Crippen molar-refractivity contribution in [2.75, 3.05) is 26.8 Å². The van der Waals surface area contributed by atoms with E-state index >= 15 is 0 Å². The van der Waals surface area contributed by atoms with Crippen molar-refractivity contribution >= 4 is 0 Å². The summed E-state index contributed by atoms with van der Waals surface area (Å²) in [5.74, 6) is 0. The largest absolute Gasteiger partial charge is 0.380 e. The van der Waals surface area contributed by atoms with Crippen molar-refractivity contribution in [3.8, 4) is 0 Å². The van der Waals surface area contributed by atoms with Crippen LogP contribution in [0, 0.1) is 0 Å². The van der Waals surface area contributed by atoms with Gasteiger partial charge in [0.05, 0.1) is 6.61 Å². The lowest BCUT2D eigenvalue weighted by molar-refractivity contribution is 0.0912. The molecule has 0 bridgehead atoms. The zero-order valence-electron chi connectivity index (χ0n) is 9.54. The summed E-state index contributed by atoms with van der Waals surface area (Å²) in [5.41, 5.74) is 6.10. The Hall–Kier alpha value is -0.120. The first kappa shape index (κ1) is 12.0. The molecule has 84 valence electrons. The number of hydrogen-bond acceptors (Lipinski definition) is 3. The van der Waals surface area contributed by atoms with Crippen LogP contribution in [-0.2, 0) is 4.74 Å². The average Bonchev–Trinajstić information content (AvgIpc) is 2.18. The molecular formula is C11H24N2O. The molecule has 0 aliphatic heterocycles. The van der Waals surface area contributed by atoms with Gasteiger partial charge in [-0.25, -0.2) is 0 Å². The van der Waals surface area contributed by atoms with E-state index in [1.165, 1.54) is 25.7 Å². The van der Waals surface area contributed by atoms with Crippen molar-refractivity contribution in [2.45, 2.75) is 44.7 Å². The lowest BCUT2D eigenvalue weighted by Gasteiger charge is -2.35. The minimum atomic E-state index is 0.371. The zero-order chi connectivity index (χ0) is 10.4. The quantitative estimate of drug-likeness (QED) is 0.678. The van der Waals surface area contributed by atoms with Gasteiger partial charge in [0.25, 0.3) is 0 Å². The van der Waals surface area contributed by atoms with Gasteiger partial charge in [-0.3, -0.25) is 4.90 Å². The standard InChI is InChI=1S/C11H24N2O/c1-3-14-9-8-13(2)11-7-5-4-6-10(11)12/h10-11H,3-9,12H2,1-2H3. The molecule has 0 saturated heterocycles. The van der Waals surface area contributed by atoms with Gasteiger partial charge in [0.1, 0.15) is 0 Å². The molecule has 0 heterocycles. The highest BCUT2D eigenvalue weighted by atomic mass is 16.5. The van der Waals surface area contributed by atoms with Crippen LogP contribution in [0.15, 0.2) is 0 Å². The van der Waals surface area contributed by atoms with Gasteiger partial charge in [-0.05, 0) is 26.8 Å². The third-order valence-electron chi connectivity index (χ3n) is 3.14. The van der Waals surface area contributed by atoms with Gasteiger partial charge in [0.2, 0.25) is 0 Å². The summed E-state index contributed by atoms with van der Waals surface area (Å²) >= 11 is 0. The summed E-state index contributed by atoms with van der Waals surface area (Å²) in [7, 11) is 2.16. The second-order valence-electron chi connectivity index (χ2n) is 4.19. The summed E-state index contributed by atoms with van der Waals surface area (Å²) in [6.07, 6.45) is 5.07. The highest BCUT2D eigenvalue weighted by molar-refractivity contribution is 4.84. The summed E-state index contributed by atoms with van der Waals surface area (Å²) in [4.78, 5) is 2.36. The van der Waals surface area contributed by atoms with Gasteiger partial charge in [-0.15, -0.1) is 0 Å². The summed E-state index contributed by atoms with van der Waals surface area (Å²) in [6.45, 7) is 4.68.